The van der Waals surface area contributed by atoms with E-state index in [1.807, 2.05) is 38.1 Å². The highest BCUT2D eigenvalue weighted by molar-refractivity contribution is 14.0. The second kappa shape index (κ2) is 11.4. The van der Waals surface area contributed by atoms with Crippen LogP contribution in [0.15, 0.2) is 29.3 Å². The number of aliphatic imine (C=N–C) groups is 1. The zero-order valence-corrected chi connectivity index (χ0v) is 19.7. The van der Waals surface area contributed by atoms with Gasteiger partial charge in [-0.3, -0.25) is 4.99 Å². The summed E-state index contributed by atoms with van der Waals surface area (Å²) < 4.78 is 32.1. The molecule has 0 radical (unpaired) electrons. The minimum Gasteiger partial charge on any atom is -0.373 e. The van der Waals surface area contributed by atoms with Crippen molar-refractivity contribution in [1.82, 2.24) is 14.9 Å². The number of morpholine rings is 1. The highest BCUT2D eigenvalue weighted by Gasteiger charge is 2.30. The Morgan fingerprint density at radius 3 is 2.56 bits per heavy atom. The van der Waals surface area contributed by atoms with Gasteiger partial charge in [-0.15, -0.1) is 24.0 Å². The smallest absolute Gasteiger partial charge is 0.216 e. The Hall–Kier alpha value is -0.620. The van der Waals surface area contributed by atoms with E-state index >= 15 is 0 Å². The first-order valence-electron chi connectivity index (χ1n) is 8.62. The fourth-order valence-electron chi connectivity index (χ4n) is 2.84. The quantitative estimate of drug-likeness (QED) is 0.334. The third-order valence-corrected chi connectivity index (χ3v) is 6.04. The van der Waals surface area contributed by atoms with Gasteiger partial charge in [-0.05, 0) is 31.5 Å². The summed E-state index contributed by atoms with van der Waals surface area (Å²) in [5.74, 6) is 0.550. The van der Waals surface area contributed by atoms with Gasteiger partial charge in [0.25, 0.3) is 0 Å². The normalized spacial score (nSPS) is 21.4. The lowest BCUT2D eigenvalue weighted by atomic mass is 10.2. The molecule has 7 nitrogen and oxygen atoms in total. The van der Waals surface area contributed by atoms with E-state index in [2.05, 4.69) is 15.6 Å². The molecule has 10 heteroatoms. The molecule has 2 rings (SSSR count). The molecule has 1 aliphatic heterocycles. The number of hydrogen-bond acceptors (Lipinski definition) is 4. The molecule has 1 aromatic rings. The van der Waals surface area contributed by atoms with Gasteiger partial charge in [-0.2, -0.15) is 4.31 Å². The molecule has 2 N–H and O–H groups in total. The Balaban J connectivity index is 0.00000364. The van der Waals surface area contributed by atoms with Gasteiger partial charge < -0.3 is 15.4 Å². The van der Waals surface area contributed by atoms with Crippen LogP contribution in [-0.4, -0.2) is 63.3 Å². The maximum atomic E-state index is 12.5. The zero-order valence-electron chi connectivity index (χ0n) is 15.8. The van der Waals surface area contributed by atoms with Gasteiger partial charge in [-0.25, -0.2) is 8.42 Å². The van der Waals surface area contributed by atoms with Gasteiger partial charge in [0.05, 0.1) is 18.0 Å². The third-order valence-electron chi connectivity index (χ3n) is 4.00. The van der Waals surface area contributed by atoms with Crippen LogP contribution in [0.5, 0.6) is 0 Å². The molecule has 0 aliphatic carbocycles. The van der Waals surface area contributed by atoms with Crippen LogP contribution in [-0.2, 0) is 21.3 Å². The molecule has 1 fully saturated rings. The monoisotopic (exact) mass is 530 g/mol. The van der Waals surface area contributed by atoms with Gasteiger partial charge in [0.2, 0.25) is 10.0 Å². The van der Waals surface area contributed by atoms with Crippen molar-refractivity contribution in [2.24, 2.45) is 4.99 Å². The summed E-state index contributed by atoms with van der Waals surface area (Å²) in [7, 11) is -1.69. The number of sulfonamides is 1. The summed E-state index contributed by atoms with van der Waals surface area (Å²) in [6.45, 7) is 5.39. The van der Waals surface area contributed by atoms with Crippen molar-refractivity contribution < 1.29 is 13.2 Å². The third kappa shape index (κ3) is 8.10. The average Bonchev–Trinajstić information content (AvgIpc) is 2.57. The molecule has 1 aliphatic rings. The Morgan fingerprint density at radius 1 is 1.30 bits per heavy atom. The van der Waals surface area contributed by atoms with Gasteiger partial charge >= 0.3 is 0 Å². The Kier molecular flexibility index (Phi) is 10.3. The molecule has 27 heavy (non-hydrogen) atoms. The van der Waals surface area contributed by atoms with Crippen molar-refractivity contribution in [3.05, 3.63) is 34.9 Å². The highest BCUT2D eigenvalue weighted by atomic mass is 127. The summed E-state index contributed by atoms with van der Waals surface area (Å²) in [5, 5.41) is 6.86. The molecular weight excluding hydrogens is 503 g/mol. The highest BCUT2D eigenvalue weighted by Crippen LogP contribution is 2.14. The van der Waals surface area contributed by atoms with E-state index in [1.54, 1.807) is 7.05 Å². The molecule has 1 heterocycles. The predicted octanol–water partition coefficient (Wildman–Crippen LogP) is 2.06. The SMILES string of the molecule is CN=C(NCCS(=O)(=O)N1CC(C)OC(C)C1)NCc1cccc(Cl)c1.I. The average molecular weight is 531 g/mol. The fourth-order valence-corrected chi connectivity index (χ4v) is 4.54. The summed E-state index contributed by atoms with van der Waals surface area (Å²) in [6.07, 6.45) is -0.178. The number of hydrogen-bond donors (Lipinski definition) is 2. The van der Waals surface area contributed by atoms with E-state index in [4.69, 9.17) is 16.3 Å². The van der Waals surface area contributed by atoms with Crippen molar-refractivity contribution in [1.29, 1.82) is 0 Å². The van der Waals surface area contributed by atoms with Crippen LogP contribution in [0, 0.1) is 0 Å². The first kappa shape index (κ1) is 24.4. The predicted molar refractivity (Wildman–Crippen MR) is 120 cm³/mol. The van der Waals surface area contributed by atoms with Crippen molar-refractivity contribution >= 4 is 51.6 Å². The van der Waals surface area contributed by atoms with Gasteiger partial charge in [0.1, 0.15) is 0 Å². The second-order valence-corrected chi connectivity index (χ2v) is 8.90. The molecular formula is C17H28ClIN4O3S. The van der Waals surface area contributed by atoms with Crippen LogP contribution in [0.2, 0.25) is 5.02 Å². The molecule has 0 saturated carbocycles. The van der Waals surface area contributed by atoms with E-state index in [0.717, 1.165) is 5.56 Å². The lowest BCUT2D eigenvalue weighted by molar-refractivity contribution is -0.0440. The number of halogens is 2. The summed E-state index contributed by atoms with van der Waals surface area (Å²) in [5.41, 5.74) is 1.02. The maximum absolute atomic E-state index is 12.5. The first-order valence-corrected chi connectivity index (χ1v) is 10.6. The molecule has 0 aromatic heterocycles. The van der Waals surface area contributed by atoms with E-state index in [1.165, 1.54) is 4.31 Å². The molecule has 2 unspecified atom stereocenters. The Bertz CT molecular complexity index is 723. The van der Waals surface area contributed by atoms with Crippen molar-refractivity contribution in [2.75, 3.05) is 32.4 Å². The minimum atomic E-state index is -3.34. The summed E-state index contributed by atoms with van der Waals surface area (Å²) in [4.78, 5) is 4.11. The number of guanidine groups is 1. The van der Waals surface area contributed by atoms with Crippen LogP contribution < -0.4 is 10.6 Å². The Morgan fingerprint density at radius 2 is 1.96 bits per heavy atom. The van der Waals surface area contributed by atoms with E-state index in [0.29, 0.717) is 30.6 Å². The van der Waals surface area contributed by atoms with Gasteiger partial charge in [-0.1, -0.05) is 23.7 Å². The summed E-state index contributed by atoms with van der Waals surface area (Å²) in [6, 6.07) is 7.52. The van der Waals surface area contributed by atoms with Crippen LogP contribution in [0.25, 0.3) is 0 Å². The minimum absolute atomic E-state index is 0. The van der Waals surface area contributed by atoms with Crippen molar-refractivity contribution in [3.63, 3.8) is 0 Å². The molecule has 0 spiro atoms. The lowest BCUT2D eigenvalue weighted by Gasteiger charge is -2.34. The Labute approximate surface area is 184 Å². The fraction of sp³-hybridized carbons (Fsp3) is 0.588. The number of ether oxygens (including phenoxy) is 1. The molecule has 1 saturated heterocycles. The number of nitrogens with one attached hydrogen (secondary N) is 2. The summed E-state index contributed by atoms with van der Waals surface area (Å²) >= 11 is 5.97. The number of nitrogens with zero attached hydrogens (tertiary/aromatic N) is 2. The topological polar surface area (TPSA) is 83.0 Å². The number of benzene rings is 1. The molecule has 154 valence electrons. The van der Waals surface area contributed by atoms with E-state index < -0.39 is 10.0 Å². The van der Waals surface area contributed by atoms with Crippen LogP contribution in [0.1, 0.15) is 19.4 Å². The molecule has 2 atom stereocenters. The first-order chi connectivity index (χ1) is 12.3. The lowest BCUT2D eigenvalue weighted by Crippen LogP contribution is -2.50. The number of rotatable bonds is 6. The van der Waals surface area contributed by atoms with Crippen molar-refractivity contribution in [3.8, 4) is 0 Å². The molecule has 0 amide bonds. The standard InChI is InChI=1S/C17H27ClN4O3S.HI/c1-13-11-22(12-14(2)25-13)26(23,24)8-7-20-17(19-3)21-10-15-5-4-6-16(18)9-15;/h4-6,9,13-14H,7-8,10-12H2,1-3H3,(H2,19,20,21);1H. The largest absolute Gasteiger partial charge is 0.373 e. The van der Waals surface area contributed by atoms with Gasteiger partial charge in [0.15, 0.2) is 5.96 Å². The van der Waals surface area contributed by atoms with Crippen LogP contribution >= 0.6 is 35.6 Å². The van der Waals surface area contributed by atoms with Crippen LogP contribution in [0.4, 0.5) is 0 Å². The zero-order chi connectivity index (χ0) is 19.2. The maximum Gasteiger partial charge on any atom is 0.216 e. The van der Waals surface area contributed by atoms with Gasteiger partial charge in [0, 0.05) is 38.2 Å². The van der Waals surface area contributed by atoms with E-state index in [9.17, 15) is 8.42 Å². The van der Waals surface area contributed by atoms with Crippen molar-refractivity contribution in [2.45, 2.75) is 32.6 Å². The molecule has 1 aromatic carbocycles. The second-order valence-electron chi connectivity index (χ2n) is 6.37. The molecule has 0 bridgehead atoms. The van der Waals surface area contributed by atoms with Crippen LogP contribution in [0.3, 0.4) is 0 Å². The van der Waals surface area contributed by atoms with E-state index in [-0.39, 0.29) is 48.5 Å².